The molecule has 0 aromatic heterocycles. The predicted octanol–water partition coefficient (Wildman–Crippen LogP) is 8.59. The van der Waals surface area contributed by atoms with E-state index in [1.54, 1.807) is 0 Å². The van der Waals surface area contributed by atoms with Crippen LogP contribution >= 0.6 is 0 Å². The molecule has 2 aliphatic carbocycles. The molecule has 3 rings (SSSR count). The lowest BCUT2D eigenvalue weighted by atomic mass is 9.68. The van der Waals surface area contributed by atoms with E-state index in [4.69, 9.17) is 0 Å². The van der Waals surface area contributed by atoms with Gasteiger partial charge in [0.2, 0.25) is 0 Å². The molecular formula is C25H31F5. The molecule has 0 bridgehead atoms. The standard InChI is InChI=1S/C25H31F5/c1-2-3-4-17-5-7-18(8-6-17)19-9-11-20(12-10-19)21-15-23(26)22(24(27)16-21)13-14-25(28,29)30/h2,13-20H,1,3-12H2/b14-13+. The van der Waals surface area contributed by atoms with Crippen molar-refractivity contribution in [3.8, 4) is 0 Å². The zero-order chi connectivity index (χ0) is 21.7. The molecule has 0 saturated heterocycles. The maximum absolute atomic E-state index is 14.3. The largest absolute Gasteiger partial charge is 0.409 e. The number of alkyl halides is 3. The fourth-order valence-electron chi connectivity index (χ4n) is 5.40. The van der Waals surface area contributed by atoms with Crippen molar-refractivity contribution < 1.29 is 22.0 Å². The summed E-state index contributed by atoms with van der Waals surface area (Å²) in [6.07, 6.45) is 9.12. The van der Waals surface area contributed by atoms with Crippen molar-refractivity contribution in [3.63, 3.8) is 0 Å². The van der Waals surface area contributed by atoms with E-state index in [0.29, 0.717) is 17.6 Å². The van der Waals surface area contributed by atoms with Gasteiger partial charge in [0.1, 0.15) is 11.6 Å². The molecule has 0 amide bonds. The van der Waals surface area contributed by atoms with E-state index in [2.05, 4.69) is 6.58 Å². The Bertz CT molecular complexity index is 709. The second-order valence-corrected chi connectivity index (χ2v) is 9.03. The van der Waals surface area contributed by atoms with Gasteiger partial charge in [0.05, 0.1) is 0 Å². The van der Waals surface area contributed by atoms with Crippen LogP contribution in [0, 0.1) is 29.4 Å². The maximum atomic E-state index is 14.3. The number of hydrogen-bond acceptors (Lipinski definition) is 0. The summed E-state index contributed by atoms with van der Waals surface area (Å²) in [6, 6.07) is 2.43. The van der Waals surface area contributed by atoms with Gasteiger partial charge in [-0.05, 0) is 98.8 Å². The lowest BCUT2D eigenvalue weighted by Crippen LogP contribution is -2.25. The highest BCUT2D eigenvalue weighted by molar-refractivity contribution is 5.52. The average molecular weight is 427 g/mol. The van der Waals surface area contributed by atoms with Gasteiger partial charge in [-0.3, -0.25) is 0 Å². The first kappa shape index (κ1) is 23.0. The van der Waals surface area contributed by atoms with Gasteiger partial charge >= 0.3 is 6.18 Å². The molecule has 1 aromatic rings. The fourth-order valence-corrected chi connectivity index (χ4v) is 5.40. The van der Waals surface area contributed by atoms with Crippen molar-refractivity contribution in [2.24, 2.45) is 17.8 Å². The van der Waals surface area contributed by atoms with Crippen LogP contribution in [0.25, 0.3) is 6.08 Å². The molecule has 0 nitrogen and oxygen atoms in total. The first-order chi connectivity index (χ1) is 14.3. The zero-order valence-electron chi connectivity index (χ0n) is 17.4. The molecular weight excluding hydrogens is 395 g/mol. The Kier molecular flexibility index (Phi) is 7.75. The smallest absolute Gasteiger partial charge is 0.206 e. The Hall–Kier alpha value is -1.65. The normalized spacial score (nSPS) is 28.0. The van der Waals surface area contributed by atoms with Crippen LogP contribution in [0.2, 0.25) is 0 Å². The van der Waals surface area contributed by atoms with Gasteiger partial charge in [0, 0.05) is 11.6 Å². The predicted molar refractivity (Wildman–Crippen MR) is 111 cm³/mol. The van der Waals surface area contributed by atoms with Gasteiger partial charge < -0.3 is 0 Å². The van der Waals surface area contributed by atoms with Crippen LogP contribution in [0.3, 0.4) is 0 Å². The highest BCUT2D eigenvalue weighted by atomic mass is 19.4. The van der Waals surface area contributed by atoms with Gasteiger partial charge in [0.25, 0.3) is 0 Å². The van der Waals surface area contributed by atoms with Gasteiger partial charge in [0.15, 0.2) is 0 Å². The lowest BCUT2D eigenvalue weighted by molar-refractivity contribution is -0.0790. The Morgan fingerprint density at radius 2 is 1.40 bits per heavy atom. The first-order valence-electron chi connectivity index (χ1n) is 11.1. The fraction of sp³-hybridized carbons (Fsp3) is 0.600. The Balaban J connectivity index is 1.55. The molecule has 1 aromatic carbocycles. The molecule has 0 N–H and O–H groups in total. The van der Waals surface area contributed by atoms with Crippen LogP contribution in [-0.4, -0.2) is 6.18 Å². The van der Waals surface area contributed by atoms with Crippen molar-refractivity contribution in [3.05, 3.63) is 53.6 Å². The first-order valence-corrected chi connectivity index (χ1v) is 11.1. The molecule has 0 atom stereocenters. The minimum atomic E-state index is -4.60. The van der Waals surface area contributed by atoms with Crippen molar-refractivity contribution in [2.75, 3.05) is 0 Å². The SMILES string of the molecule is C=CCCC1CCC(C2CCC(c3cc(F)c(/C=C/C(F)(F)F)c(F)c3)CC2)CC1. The molecule has 0 radical (unpaired) electrons. The van der Waals surface area contributed by atoms with Crippen molar-refractivity contribution in [1.29, 1.82) is 0 Å². The molecule has 166 valence electrons. The summed E-state index contributed by atoms with van der Waals surface area (Å²) in [5, 5.41) is 0. The monoisotopic (exact) mass is 426 g/mol. The van der Waals surface area contributed by atoms with Crippen LogP contribution in [0.15, 0.2) is 30.9 Å². The van der Waals surface area contributed by atoms with Crippen LogP contribution in [0.4, 0.5) is 22.0 Å². The minimum Gasteiger partial charge on any atom is -0.206 e. The number of halogens is 5. The minimum absolute atomic E-state index is 0.0785. The second-order valence-electron chi connectivity index (χ2n) is 9.03. The van der Waals surface area contributed by atoms with Crippen LogP contribution in [-0.2, 0) is 0 Å². The van der Waals surface area contributed by atoms with Gasteiger partial charge in [-0.2, -0.15) is 13.2 Å². The average Bonchev–Trinajstić information content (AvgIpc) is 2.71. The van der Waals surface area contributed by atoms with Gasteiger partial charge in [-0.1, -0.05) is 18.9 Å². The number of hydrogen-bond donors (Lipinski definition) is 0. The summed E-state index contributed by atoms with van der Waals surface area (Å²) in [5.41, 5.74) is -0.0567. The van der Waals surface area contributed by atoms with E-state index in [9.17, 15) is 22.0 Å². The molecule has 0 heterocycles. The van der Waals surface area contributed by atoms with Gasteiger partial charge in [-0.15, -0.1) is 6.58 Å². The Labute approximate surface area is 176 Å². The summed E-state index contributed by atoms with van der Waals surface area (Å²) in [4.78, 5) is 0. The van der Waals surface area contributed by atoms with E-state index in [1.807, 2.05) is 6.08 Å². The highest BCUT2D eigenvalue weighted by Crippen LogP contribution is 2.44. The van der Waals surface area contributed by atoms with Crippen LogP contribution in [0.5, 0.6) is 0 Å². The van der Waals surface area contributed by atoms with E-state index in [0.717, 1.165) is 43.9 Å². The third kappa shape index (κ3) is 6.18. The van der Waals surface area contributed by atoms with Crippen LogP contribution < -0.4 is 0 Å². The Morgan fingerprint density at radius 1 is 0.867 bits per heavy atom. The molecule has 2 fully saturated rings. The molecule has 0 unspecified atom stereocenters. The van der Waals surface area contributed by atoms with Crippen molar-refractivity contribution in [2.45, 2.75) is 76.3 Å². The molecule has 30 heavy (non-hydrogen) atoms. The lowest BCUT2D eigenvalue weighted by Gasteiger charge is -2.38. The summed E-state index contributed by atoms with van der Waals surface area (Å²) in [5.74, 6) is 0.497. The molecule has 2 aliphatic rings. The third-order valence-electron chi connectivity index (χ3n) is 7.12. The molecule has 0 spiro atoms. The highest BCUT2D eigenvalue weighted by Gasteiger charge is 2.31. The summed E-state index contributed by atoms with van der Waals surface area (Å²) in [7, 11) is 0. The van der Waals surface area contributed by atoms with Crippen molar-refractivity contribution >= 4 is 6.08 Å². The Morgan fingerprint density at radius 3 is 1.90 bits per heavy atom. The molecule has 5 heteroatoms. The third-order valence-corrected chi connectivity index (χ3v) is 7.12. The van der Waals surface area contributed by atoms with Crippen LogP contribution in [0.1, 0.15) is 81.3 Å². The quantitative estimate of drug-likeness (QED) is 0.316. The zero-order valence-corrected chi connectivity index (χ0v) is 17.4. The van der Waals surface area contributed by atoms with E-state index in [-0.39, 0.29) is 12.0 Å². The summed E-state index contributed by atoms with van der Waals surface area (Å²) in [6.45, 7) is 3.80. The van der Waals surface area contributed by atoms with E-state index >= 15 is 0 Å². The van der Waals surface area contributed by atoms with Crippen molar-refractivity contribution in [1.82, 2.24) is 0 Å². The number of allylic oxidation sites excluding steroid dienone is 2. The van der Waals surface area contributed by atoms with E-state index in [1.165, 1.54) is 44.2 Å². The topological polar surface area (TPSA) is 0 Å². The number of rotatable bonds is 6. The van der Waals surface area contributed by atoms with Gasteiger partial charge in [-0.25, -0.2) is 8.78 Å². The summed E-state index contributed by atoms with van der Waals surface area (Å²) >= 11 is 0. The maximum Gasteiger partial charge on any atom is 0.409 e. The number of benzene rings is 1. The summed E-state index contributed by atoms with van der Waals surface area (Å²) < 4.78 is 65.5. The van der Waals surface area contributed by atoms with E-state index < -0.39 is 23.4 Å². The molecule has 2 saturated carbocycles. The second kappa shape index (κ2) is 10.1. The molecule has 0 aliphatic heterocycles.